The van der Waals surface area contributed by atoms with Crippen LogP contribution >= 0.6 is 11.6 Å². The van der Waals surface area contributed by atoms with Crippen molar-refractivity contribution in [1.29, 1.82) is 0 Å². The Morgan fingerprint density at radius 3 is 2.65 bits per heavy atom. The zero-order valence-electron chi connectivity index (χ0n) is 11.4. The fraction of sp³-hybridized carbons (Fsp3) is 0.200. The minimum Gasteiger partial charge on any atom is -0.397 e. The van der Waals surface area contributed by atoms with Crippen molar-refractivity contribution in [2.24, 2.45) is 0 Å². The lowest BCUT2D eigenvalue weighted by Gasteiger charge is -2.15. The number of nitrogens with one attached hydrogen (secondary N) is 1. The summed E-state index contributed by atoms with van der Waals surface area (Å²) in [6.07, 6.45) is 1.38. The van der Waals surface area contributed by atoms with Crippen LogP contribution in [0.25, 0.3) is 0 Å². The molecule has 2 aromatic rings. The summed E-state index contributed by atoms with van der Waals surface area (Å²) in [6.45, 7) is 3.94. The first-order valence-electron chi connectivity index (χ1n) is 6.26. The van der Waals surface area contributed by atoms with E-state index in [9.17, 15) is 4.79 Å². The van der Waals surface area contributed by atoms with Crippen molar-refractivity contribution in [3.05, 3.63) is 58.4 Å². The number of aromatic nitrogens is 1. The average molecular weight is 290 g/mol. The number of nitrogens with zero attached hydrogens (tertiary/aromatic N) is 1. The highest BCUT2D eigenvalue weighted by molar-refractivity contribution is 6.29. The van der Waals surface area contributed by atoms with Crippen molar-refractivity contribution >= 4 is 23.2 Å². The second-order valence-corrected chi connectivity index (χ2v) is 5.09. The molecule has 3 N–H and O–H groups in total. The number of amides is 1. The van der Waals surface area contributed by atoms with E-state index in [-0.39, 0.29) is 17.1 Å². The fourth-order valence-electron chi connectivity index (χ4n) is 1.85. The molecule has 0 radical (unpaired) electrons. The van der Waals surface area contributed by atoms with E-state index in [1.165, 1.54) is 17.8 Å². The minimum absolute atomic E-state index is 0.116. The van der Waals surface area contributed by atoms with Gasteiger partial charge in [0.2, 0.25) is 0 Å². The molecule has 20 heavy (non-hydrogen) atoms. The number of pyridine rings is 1. The number of aryl methyl sites for hydroxylation is 1. The zero-order chi connectivity index (χ0) is 14.7. The molecule has 0 saturated heterocycles. The van der Waals surface area contributed by atoms with Crippen LogP contribution in [-0.4, -0.2) is 10.9 Å². The number of halogens is 1. The van der Waals surface area contributed by atoms with Crippen LogP contribution in [0.2, 0.25) is 5.15 Å². The predicted molar refractivity (Wildman–Crippen MR) is 80.7 cm³/mol. The summed E-state index contributed by atoms with van der Waals surface area (Å²) in [5.41, 5.74) is 8.60. The highest BCUT2D eigenvalue weighted by atomic mass is 35.5. The molecule has 4 nitrogen and oxygen atoms in total. The summed E-state index contributed by atoms with van der Waals surface area (Å²) in [5, 5.41) is 3.14. The lowest BCUT2D eigenvalue weighted by molar-refractivity contribution is 0.0940. The number of anilines is 1. The summed E-state index contributed by atoms with van der Waals surface area (Å²) in [4.78, 5) is 16.0. The molecule has 1 heterocycles. The first kappa shape index (κ1) is 14.3. The third kappa shape index (κ3) is 3.27. The van der Waals surface area contributed by atoms with Gasteiger partial charge in [-0.05, 0) is 25.5 Å². The van der Waals surface area contributed by atoms with Crippen molar-refractivity contribution in [1.82, 2.24) is 10.3 Å². The standard InChI is InChI=1S/C15H16ClN3O/c1-9-3-5-11(6-4-9)10(2)19-15(20)12-7-14(16)18-8-13(12)17/h3-8,10H,17H2,1-2H3,(H,19,20). The number of carbonyl (C=O) groups is 1. The van der Waals surface area contributed by atoms with Gasteiger partial charge in [0, 0.05) is 0 Å². The summed E-state index contributed by atoms with van der Waals surface area (Å²) in [6, 6.07) is 9.35. The molecule has 0 spiro atoms. The Labute approximate surface area is 123 Å². The first-order chi connectivity index (χ1) is 9.47. The number of carbonyl (C=O) groups excluding carboxylic acids is 1. The normalized spacial score (nSPS) is 11.9. The minimum atomic E-state index is -0.264. The molecule has 0 fully saturated rings. The molecule has 1 unspecified atom stereocenters. The highest BCUT2D eigenvalue weighted by Crippen LogP contribution is 2.18. The maximum absolute atomic E-state index is 12.2. The third-order valence-electron chi connectivity index (χ3n) is 3.07. The molecule has 0 aliphatic heterocycles. The molecule has 0 saturated carbocycles. The van der Waals surface area contributed by atoms with Crippen LogP contribution in [0, 0.1) is 6.92 Å². The Kier molecular flexibility index (Phi) is 4.25. The number of rotatable bonds is 3. The smallest absolute Gasteiger partial charge is 0.254 e. The van der Waals surface area contributed by atoms with Crippen LogP contribution in [0.4, 0.5) is 5.69 Å². The molecule has 0 bridgehead atoms. The molecule has 104 valence electrons. The van der Waals surface area contributed by atoms with Crippen molar-refractivity contribution in [3.63, 3.8) is 0 Å². The largest absolute Gasteiger partial charge is 0.397 e. The Balaban J connectivity index is 2.15. The van der Waals surface area contributed by atoms with Gasteiger partial charge < -0.3 is 11.1 Å². The van der Waals surface area contributed by atoms with E-state index in [4.69, 9.17) is 17.3 Å². The molecule has 2 rings (SSSR count). The highest BCUT2D eigenvalue weighted by Gasteiger charge is 2.14. The molecule has 1 aromatic carbocycles. The van der Waals surface area contributed by atoms with E-state index >= 15 is 0 Å². The van der Waals surface area contributed by atoms with E-state index in [1.54, 1.807) is 0 Å². The van der Waals surface area contributed by atoms with Gasteiger partial charge in [-0.25, -0.2) is 4.98 Å². The lowest BCUT2D eigenvalue weighted by atomic mass is 10.1. The molecule has 0 aliphatic carbocycles. The Bertz CT molecular complexity index is 626. The summed E-state index contributed by atoms with van der Waals surface area (Å²) in [5.74, 6) is -0.264. The monoisotopic (exact) mass is 289 g/mol. The molecule has 1 aromatic heterocycles. The van der Waals surface area contributed by atoms with Gasteiger partial charge in [-0.1, -0.05) is 41.4 Å². The zero-order valence-corrected chi connectivity index (χ0v) is 12.1. The van der Waals surface area contributed by atoms with Crippen LogP contribution in [0.15, 0.2) is 36.5 Å². The van der Waals surface area contributed by atoms with Crippen LogP contribution in [-0.2, 0) is 0 Å². The van der Waals surface area contributed by atoms with Crippen molar-refractivity contribution in [2.75, 3.05) is 5.73 Å². The molecular weight excluding hydrogens is 274 g/mol. The van der Waals surface area contributed by atoms with Gasteiger partial charge in [0.25, 0.3) is 5.91 Å². The molecule has 5 heteroatoms. The van der Waals surface area contributed by atoms with E-state index in [2.05, 4.69) is 10.3 Å². The Hall–Kier alpha value is -2.07. The second-order valence-electron chi connectivity index (χ2n) is 4.70. The quantitative estimate of drug-likeness (QED) is 0.853. The van der Waals surface area contributed by atoms with Gasteiger partial charge in [0.05, 0.1) is 23.5 Å². The van der Waals surface area contributed by atoms with Gasteiger partial charge in [-0.3, -0.25) is 4.79 Å². The van der Waals surface area contributed by atoms with Crippen molar-refractivity contribution in [3.8, 4) is 0 Å². The molecule has 1 amide bonds. The molecule has 1 atom stereocenters. The molecule has 0 aliphatic rings. The maximum atomic E-state index is 12.2. The number of nitrogen functional groups attached to an aromatic ring is 1. The van der Waals surface area contributed by atoms with E-state index < -0.39 is 0 Å². The fourth-order valence-corrected chi connectivity index (χ4v) is 2.01. The van der Waals surface area contributed by atoms with E-state index in [0.29, 0.717) is 11.3 Å². The van der Waals surface area contributed by atoms with Crippen LogP contribution in [0.1, 0.15) is 34.5 Å². The van der Waals surface area contributed by atoms with E-state index in [0.717, 1.165) is 5.56 Å². The summed E-state index contributed by atoms with van der Waals surface area (Å²) in [7, 11) is 0. The number of benzene rings is 1. The summed E-state index contributed by atoms with van der Waals surface area (Å²) < 4.78 is 0. The van der Waals surface area contributed by atoms with Crippen molar-refractivity contribution in [2.45, 2.75) is 19.9 Å². The number of hydrogen-bond acceptors (Lipinski definition) is 3. The average Bonchev–Trinajstić information content (AvgIpc) is 2.42. The topological polar surface area (TPSA) is 68.0 Å². The van der Waals surface area contributed by atoms with Gasteiger partial charge in [0.15, 0.2) is 0 Å². The first-order valence-corrected chi connectivity index (χ1v) is 6.63. The van der Waals surface area contributed by atoms with Crippen LogP contribution in [0.5, 0.6) is 0 Å². The summed E-state index contributed by atoms with van der Waals surface area (Å²) >= 11 is 5.79. The molecular formula is C15H16ClN3O. The second kappa shape index (κ2) is 5.92. The third-order valence-corrected chi connectivity index (χ3v) is 3.28. The lowest BCUT2D eigenvalue weighted by Crippen LogP contribution is -2.27. The predicted octanol–water partition coefficient (Wildman–Crippen LogP) is 3.12. The van der Waals surface area contributed by atoms with Crippen molar-refractivity contribution < 1.29 is 4.79 Å². The van der Waals surface area contributed by atoms with Gasteiger partial charge in [-0.15, -0.1) is 0 Å². The number of hydrogen-bond donors (Lipinski definition) is 2. The Morgan fingerprint density at radius 2 is 2.00 bits per heavy atom. The van der Waals surface area contributed by atoms with Gasteiger partial charge in [0.1, 0.15) is 5.15 Å². The van der Waals surface area contributed by atoms with Gasteiger partial charge in [-0.2, -0.15) is 0 Å². The number of nitrogens with two attached hydrogens (primary N) is 1. The van der Waals surface area contributed by atoms with Gasteiger partial charge >= 0.3 is 0 Å². The Morgan fingerprint density at radius 1 is 1.35 bits per heavy atom. The van der Waals surface area contributed by atoms with Crippen LogP contribution in [0.3, 0.4) is 0 Å². The SMILES string of the molecule is Cc1ccc(C(C)NC(=O)c2cc(Cl)ncc2N)cc1. The maximum Gasteiger partial charge on any atom is 0.254 e. The van der Waals surface area contributed by atoms with E-state index in [1.807, 2.05) is 38.1 Å². The van der Waals surface area contributed by atoms with Crippen LogP contribution < -0.4 is 11.1 Å².